The standard InChI is InChI=1S/C28H38N2O5/c1-20-25(4-2-5-26(20)33-15-3-11-29-12-8-22(31)17-29)21-6-7-27-28(16-21)35-24(19-34-27)10-14-30-13-9-23(32)18-30/h2,4-7,16,22-24,31-32H,3,8-15,17-19H2,1H3/t22-,23-,24?/m1/s1. The second-order valence-electron chi connectivity index (χ2n) is 10.1. The van der Waals surface area contributed by atoms with Gasteiger partial charge in [-0.05, 0) is 61.1 Å². The lowest BCUT2D eigenvalue weighted by Crippen LogP contribution is -2.34. The molecule has 0 aliphatic carbocycles. The van der Waals surface area contributed by atoms with Crippen LogP contribution in [-0.2, 0) is 0 Å². The van der Waals surface area contributed by atoms with E-state index < -0.39 is 0 Å². The van der Waals surface area contributed by atoms with Gasteiger partial charge < -0.3 is 34.2 Å². The molecule has 3 heterocycles. The molecule has 2 N–H and O–H groups in total. The van der Waals surface area contributed by atoms with Gasteiger partial charge in [-0.1, -0.05) is 18.2 Å². The molecule has 0 spiro atoms. The number of nitrogens with zero attached hydrogens (tertiary/aromatic N) is 2. The Morgan fingerprint density at radius 2 is 1.74 bits per heavy atom. The van der Waals surface area contributed by atoms with Crippen molar-refractivity contribution in [2.45, 2.75) is 50.9 Å². The lowest BCUT2D eigenvalue weighted by atomic mass is 9.99. The minimum Gasteiger partial charge on any atom is -0.493 e. The van der Waals surface area contributed by atoms with Crippen LogP contribution in [0.15, 0.2) is 36.4 Å². The Morgan fingerprint density at radius 1 is 0.971 bits per heavy atom. The number of hydrogen-bond donors (Lipinski definition) is 2. The molecule has 35 heavy (non-hydrogen) atoms. The Morgan fingerprint density at radius 3 is 2.49 bits per heavy atom. The molecule has 0 radical (unpaired) electrons. The molecule has 0 saturated carbocycles. The van der Waals surface area contributed by atoms with Crippen LogP contribution in [0.25, 0.3) is 11.1 Å². The number of benzene rings is 2. The van der Waals surface area contributed by atoms with Gasteiger partial charge in [0.2, 0.25) is 0 Å². The van der Waals surface area contributed by atoms with Crippen molar-refractivity contribution < 1.29 is 24.4 Å². The van der Waals surface area contributed by atoms with Crippen LogP contribution < -0.4 is 14.2 Å². The molecule has 190 valence electrons. The number of fused-ring (bicyclic) bond motifs is 1. The van der Waals surface area contributed by atoms with Crippen LogP contribution in [-0.4, -0.2) is 90.8 Å². The third kappa shape index (κ3) is 6.09. The Hall–Kier alpha value is -2.32. The Labute approximate surface area is 208 Å². The maximum atomic E-state index is 9.74. The SMILES string of the molecule is Cc1c(OCCCN2CC[C@@H](O)C2)cccc1-c1ccc2c(c1)OC(CCN1CC[C@@H](O)C1)CO2. The van der Waals surface area contributed by atoms with Gasteiger partial charge in [0.05, 0.1) is 18.8 Å². The zero-order valence-electron chi connectivity index (χ0n) is 20.7. The second kappa shape index (κ2) is 11.2. The van der Waals surface area contributed by atoms with E-state index in [0.29, 0.717) is 13.2 Å². The third-order valence-electron chi connectivity index (χ3n) is 7.40. The molecular formula is C28H38N2O5. The molecule has 7 heteroatoms. The first kappa shape index (κ1) is 24.4. The van der Waals surface area contributed by atoms with Gasteiger partial charge in [-0.25, -0.2) is 0 Å². The zero-order chi connectivity index (χ0) is 24.2. The van der Waals surface area contributed by atoms with Crippen LogP contribution in [0.5, 0.6) is 17.2 Å². The molecule has 7 nitrogen and oxygen atoms in total. The average molecular weight is 483 g/mol. The predicted molar refractivity (Wildman–Crippen MR) is 135 cm³/mol. The molecule has 2 saturated heterocycles. The maximum absolute atomic E-state index is 9.74. The van der Waals surface area contributed by atoms with Gasteiger partial charge in [0, 0.05) is 45.7 Å². The van der Waals surface area contributed by atoms with Gasteiger partial charge >= 0.3 is 0 Å². The van der Waals surface area contributed by atoms with E-state index in [1.807, 2.05) is 18.2 Å². The smallest absolute Gasteiger partial charge is 0.162 e. The van der Waals surface area contributed by atoms with E-state index in [1.165, 1.54) is 0 Å². The zero-order valence-corrected chi connectivity index (χ0v) is 20.7. The summed E-state index contributed by atoms with van der Waals surface area (Å²) >= 11 is 0. The van der Waals surface area contributed by atoms with Crippen LogP contribution in [0.4, 0.5) is 0 Å². The molecular weight excluding hydrogens is 444 g/mol. The van der Waals surface area contributed by atoms with Crippen LogP contribution in [0.1, 0.15) is 31.2 Å². The molecule has 0 aromatic heterocycles. The van der Waals surface area contributed by atoms with Gasteiger partial charge in [0.25, 0.3) is 0 Å². The molecule has 3 aliphatic heterocycles. The topological polar surface area (TPSA) is 74.6 Å². The molecule has 5 rings (SSSR count). The first-order valence-corrected chi connectivity index (χ1v) is 13.0. The van der Waals surface area contributed by atoms with Crippen molar-refractivity contribution in [2.24, 2.45) is 0 Å². The van der Waals surface area contributed by atoms with Crippen molar-refractivity contribution in [3.05, 3.63) is 42.0 Å². The highest BCUT2D eigenvalue weighted by atomic mass is 16.6. The minimum atomic E-state index is -0.191. The van der Waals surface area contributed by atoms with E-state index in [9.17, 15) is 10.2 Å². The van der Waals surface area contributed by atoms with Crippen molar-refractivity contribution >= 4 is 0 Å². The normalized spacial score (nSPS) is 24.7. The van der Waals surface area contributed by atoms with Crippen molar-refractivity contribution in [2.75, 3.05) is 52.5 Å². The van der Waals surface area contributed by atoms with Crippen LogP contribution in [0, 0.1) is 6.92 Å². The Kier molecular flexibility index (Phi) is 7.78. The highest BCUT2D eigenvalue weighted by Gasteiger charge is 2.25. The molecule has 3 atom stereocenters. The number of rotatable bonds is 9. The first-order chi connectivity index (χ1) is 17.0. The lowest BCUT2D eigenvalue weighted by molar-refractivity contribution is 0.0757. The van der Waals surface area contributed by atoms with Gasteiger partial charge in [-0.3, -0.25) is 0 Å². The fourth-order valence-electron chi connectivity index (χ4n) is 5.34. The highest BCUT2D eigenvalue weighted by Crippen LogP contribution is 2.38. The summed E-state index contributed by atoms with van der Waals surface area (Å²) in [6.07, 6.45) is 3.22. The monoisotopic (exact) mass is 482 g/mol. The van der Waals surface area contributed by atoms with Crippen molar-refractivity contribution in [1.82, 2.24) is 9.80 Å². The van der Waals surface area contributed by atoms with Gasteiger partial charge in [-0.2, -0.15) is 0 Å². The van der Waals surface area contributed by atoms with Crippen molar-refractivity contribution in [3.8, 4) is 28.4 Å². The number of hydrogen-bond acceptors (Lipinski definition) is 7. The molecule has 2 fully saturated rings. The number of likely N-dealkylation sites (tertiary alicyclic amines) is 2. The summed E-state index contributed by atoms with van der Waals surface area (Å²) in [5.74, 6) is 2.49. The van der Waals surface area contributed by atoms with Crippen molar-refractivity contribution in [3.63, 3.8) is 0 Å². The van der Waals surface area contributed by atoms with E-state index >= 15 is 0 Å². The molecule has 3 aliphatic rings. The van der Waals surface area contributed by atoms with E-state index in [4.69, 9.17) is 14.2 Å². The summed E-state index contributed by atoms with van der Waals surface area (Å²) < 4.78 is 18.4. The first-order valence-electron chi connectivity index (χ1n) is 13.0. The fourth-order valence-corrected chi connectivity index (χ4v) is 5.34. The Balaban J connectivity index is 1.18. The largest absolute Gasteiger partial charge is 0.493 e. The summed E-state index contributed by atoms with van der Waals surface area (Å²) in [5.41, 5.74) is 3.33. The quantitative estimate of drug-likeness (QED) is 0.532. The van der Waals surface area contributed by atoms with Gasteiger partial charge in [0.1, 0.15) is 18.5 Å². The summed E-state index contributed by atoms with van der Waals surface area (Å²) in [6, 6.07) is 12.3. The Bertz CT molecular complexity index is 999. The number of ether oxygens (including phenoxy) is 3. The van der Waals surface area contributed by atoms with E-state index in [1.54, 1.807) is 0 Å². The minimum absolute atomic E-state index is 0.0166. The summed E-state index contributed by atoms with van der Waals surface area (Å²) in [7, 11) is 0. The van der Waals surface area contributed by atoms with Gasteiger partial charge in [0.15, 0.2) is 11.5 Å². The number of aliphatic hydroxyl groups is 2. The molecule has 2 aromatic carbocycles. The average Bonchev–Trinajstić information content (AvgIpc) is 3.48. The highest BCUT2D eigenvalue weighted by molar-refractivity contribution is 5.72. The van der Waals surface area contributed by atoms with E-state index in [0.717, 1.165) is 98.9 Å². The second-order valence-corrected chi connectivity index (χ2v) is 10.1. The van der Waals surface area contributed by atoms with Crippen LogP contribution in [0.3, 0.4) is 0 Å². The fraction of sp³-hybridized carbons (Fsp3) is 0.571. The van der Waals surface area contributed by atoms with Crippen LogP contribution >= 0.6 is 0 Å². The number of β-amino-alcohol motifs (C(OH)–C–C–N with tert-alkyl or cyclic N) is 2. The van der Waals surface area contributed by atoms with E-state index in [-0.39, 0.29) is 18.3 Å². The number of aliphatic hydroxyl groups excluding tert-OH is 2. The summed E-state index contributed by atoms with van der Waals surface area (Å²) in [6.45, 7) is 8.65. The van der Waals surface area contributed by atoms with Crippen LogP contribution in [0.2, 0.25) is 0 Å². The third-order valence-corrected chi connectivity index (χ3v) is 7.40. The van der Waals surface area contributed by atoms with Gasteiger partial charge in [-0.15, -0.1) is 0 Å². The predicted octanol–water partition coefficient (Wildman–Crippen LogP) is 3.09. The van der Waals surface area contributed by atoms with Crippen molar-refractivity contribution in [1.29, 1.82) is 0 Å². The molecule has 0 amide bonds. The molecule has 2 aromatic rings. The summed E-state index contributed by atoms with van der Waals surface area (Å²) in [5, 5.41) is 19.4. The molecule has 1 unspecified atom stereocenters. The van der Waals surface area contributed by atoms with E-state index in [2.05, 4.69) is 34.9 Å². The molecule has 0 bridgehead atoms. The maximum Gasteiger partial charge on any atom is 0.162 e. The lowest BCUT2D eigenvalue weighted by Gasteiger charge is -2.28. The summed E-state index contributed by atoms with van der Waals surface area (Å²) in [4.78, 5) is 4.59.